The van der Waals surface area contributed by atoms with Crippen LogP contribution in [0.1, 0.15) is 33.6 Å². The molecule has 1 aromatic carbocycles. The lowest BCUT2D eigenvalue weighted by Crippen LogP contribution is -2.47. The zero-order valence-electron chi connectivity index (χ0n) is 16.1. The van der Waals surface area contributed by atoms with E-state index in [4.69, 9.17) is 4.74 Å². The van der Waals surface area contributed by atoms with Crippen LogP contribution in [0.4, 0.5) is 16.2 Å². The highest BCUT2D eigenvalue weighted by Crippen LogP contribution is 2.27. The number of rotatable bonds is 6. The van der Waals surface area contributed by atoms with Crippen molar-refractivity contribution < 1.29 is 14.3 Å². The minimum atomic E-state index is -0.253. The van der Waals surface area contributed by atoms with E-state index < -0.39 is 0 Å². The first kappa shape index (κ1) is 20.0. The van der Waals surface area contributed by atoms with Crippen LogP contribution in [0.25, 0.3) is 0 Å². The third kappa shape index (κ3) is 5.91. The second-order valence-electron chi connectivity index (χ2n) is 7.02. The maximum atomic E-state index is 12.2. The molecule has 1 saturated heterocycles. The number of urea groups is 1. The van der Waals surface area contributed by atoms with Gasteiger partial charge in [0.2, 0.25) is 5.91 Å². The molecule has 1 aliphatic rings. The zero-order valence-corrected chi connectivity index (χ0v) is 16.1. The number of ether oxygens (including phenoxy) is 1. The molecule has 7 nitrogen and oxygen atoms in total. The van der Waals surface area contributed by atoms with E-state index in [-0.39, 0.29) is 11.9 Å². The summed E-state index contributed by atoms with van der Waals surface area (Å²) in [5, 5.41) is 8.42. The predicted molar refractivity (Wildman–Crippen MR) is 104 cm³/mol. The number of amides is 3. The summed E-state index contributed by atoms with van der Waals surface area (Å²) in [4.78, 5) is 25.8. The first-order valence-corrected chi connectivity index (χ1v) is 9.13. The largest absolute Gasteiger partial charge is 0.494 e. The SMILES string of the molecule is COc1cc(NC(=O)NC[C@@H](C)N2CCC[C@@H](C)C2)ccc1NC(C)=O. The molecule has 26 heavy (non-hydrogen) atoms. The fourth-order valence-corrected chi connectivity index (χ4v) is 3.23. The molecule has 0 bridgehead atoms. The van der Waals surface area contributed by atoms with Crippen molar-refractivity contribution in [2.45, 2.75) is 39.7 Å². The van der Waals surface area contributed by atoms with Gasteiger partial charge in [0.15, 0.2) is 0 Å². The maximum absolute atomic E-state index is 12.2. The van der Waals surface area contributed by atoms with E-state index in [9.17, 15) is 9.59 Å². The molecule has 0 radical (unpaired) electrons. The number of piperidine rings is 1. The lowest BCUT2D eigenvalue weighted by Gasteiger charge is -2.35. The van der Waals surface area contributed by atoms with Gasteiger partial charge in [-0.25, -0.2) is 4.79 Å². The Labute approximate surface area is 155 Å². The molecule has 2 atom stereocenters. The van der Waals surface area contributed by atoms with Gasteiger partial charge < -0.3 is 20.7 Å². The van der Waals surface area contributed by atoms with Crippen LogP contribution < -0.4 is 20.7 Å². The van der Waals surface area contributed by atoms with Gasteiger partial charge in [-0.05, 0) is 44.4 Å². The number of benzene rings is 1. The number of anilines is 2. The van der Waals surface area contributed by atoms with Crippen LogP contribution in [0.2, 0.25) is 0 Å². The van der Waals surface area contributed by atoms with Gasteiger partial charge in [0.05, 0.1) is 12.8 Å². The molecule has 1 aromatic rings. The monoisotopic (exact) mass is 362 g/mol. The molecule has 0 aromatic heterocycles. The summed E-state index contributed by atoms with van der Waals surface area (Å²) in [6, 6.07) is 5.16. The van der Waals surface area contributed by atoms with Gasteiger partial charge >= 0.3 is 6.03 Å². The van der Waals surface area contributed by atoms with Crippen molar-refractivity contribution >= 4 is 23.3 Å². The Bertz CT molecular complexity index is 635. The minimum Gasteiger partial charge on any atom is -0.494 e. The van der Waals surface area contributed by atoms with Crippen LogP contribution in [0.15, 0.2) is 18.2 Å². The number of nitrogens with zero attached hydrogens (tertiary/aromatic N) is 1. The molecular formula is C19H30N4O3. The van der Waals surface area contributed by atoms with Crippen molar-refractivity contribution in [2.75, 3.05) is 37.4 Å². The number of methoxy groups -OCH3 is 1. The fraction of sp³-hybridized carbons (Fsp3) is 0.579. The van der Waals surface area contributed by atoms with E-state index in [1.165, 1.54) is 26.9 Å². The summed E-state index contributed by atoms with van der Waals surface area (Å²) in [6.45, 7) is 8.63. The Kier molecular flexibility index (Phi) is 7.26. The highest BCUT2D eigenvalue weighted by Gasteiger charge is 2.21. The Morgan fingerprint density at radius 2 is 2.12 bits per heavy atom. The summed E-state index contributed by atoms with van der Waals surface area (Å²) < 4.78 is 5.26. The molecule has 2 rings (SSSR count). The normalized spacial score (nSPS) is 18.7. The molecule has 144 valence electrons. The fourth-order valence-electron chi connectivity index (χ4n) is 3.23. The van der Waals surface area contributed by atoms with Crippen LogP contribution in [0, 0.1) is 5.92 Å². The zero-order chi connectivity index (χ0) is 19.1. The highest BCUT2D eigenvalue weighted by atomic mass is 16.5. The van der Waals surface area contributed by atoms with Crippen molar-refractivity contribution in [3.05, 3.63) is 18.2 Å². The van der Waals surface area contributed by atoms with Gasteiger partial charge in [0, 0.05) is 37.8 Å². The molecule has 7 heteroatoms. The van der Waals surface area contributed by atoms with Crippen molar-refractivity contribution in [2.24, 2.45) is 5.92 Å². The third-order valence-electron chi connectivity index (χ3n) is 4.64. The molecule has 1 heterocycles. The van der Waals surface area contributed by atoms with Gasteiger partial charge in [0.25, 0.3) is 0 Å². The maximum Gasteiger partial charge on any atom is 0.319 e. The first-order valence-electron chi connectivity index (χ1n) is 9.13. The van der Waals surface area contributed by atoms with Crippen molar-refractivity contribution in [1.29, 1.82) is 0 Å². The van der Waals surface area contributed by atoms with E-state index in [2.05, 4.69) is 34.7 Å². The number of carbonyl (C=O) groups is 2. The van der Waals surface area contributed by atoms with E-state index in [0.29, 0.717) is 29.7 Å². The van der Waals surface area contributed by atoms with Crippen LogP contribution >= 0.6 is 0 Å². The summed E-state index contributed by atoms with van der Waals surface area (Å²) in [6.07, 6.45) is 2.51. The smallest absolute Gasteiger partial charge is 0.319 e. The van der Waals surface area contributed by atoms with Crippen LogP contribution in [-0.2, 0) is 4.79 Å². The molecule has 0 spiro atoms. The van der Waals surface area contributed by atoms with Crippen molar-refractivity contribution in [1.82, 2.24) is 10.2 Å². The topological polar surface area (TPSA) is 82.7 Å². The molecule has 0 unspecified atom stereocenters. The lowest BCUT2D eigenvalue weighted by atomic mass is 9.99. The predicted octanol–water partition coefficient (Wildman–Crippen LogP) is 2.90. The summed E-state index contributed by atoms with van der Waals surface area (Å²) in [5.74, 6) is 1.03. The Balaban J connectivity index is 1.86. The first-order chi connectivity index (χ1) is 12.4. The van der Waals surface area contributed by atoms with Crippen LogP contribution in [-0.4, -0.2) is 49.6 Å². The molecule has 3 N–H and O–H groups in total. The van der Waals surface area contributed by atoms with E-state index in [1.54, 1.807) is 18.2 Å². The number of carbonyl (C=O) groups excluding carboxylic acids is 2. The Morgan fingerprint density at radius 3 is 2.77 bits per heavy atom. The van der Waals surface area contributed by atoms with E-state index in [0.717, 1.165) is 19.0 Å². The minimum absolute atomic E-state index is 0.178. The molecule has 1 aliphatic heterocycles. The Morgan fingerprint density at radius 1 is 1.35 bits per heavy atom. The van der Waals surface area contributed by atoms with E-state index in [1.807, 2.05) is 0 Å². The summed E-state index contributed by atoms with van der Waals surface area (Å²) >= 11 is 0. The second-order valence-corrected chi connectivity index (χ2v) is 7.02. The second kappa shape index (κ2) is 9.43. The van der Waals surface area contributed by atoms with Gasteiger partial charge in [0.1, 0.15) is 5.75 Å². The molecule has 3 amide bonds. The summed E-state index contributed by atoms with van der Waals surface area (Å²) in [7, 11) is 1.52. The van der Waals surface area contributed by atoms with Crippen LogP contribution in [0.3, 0.4) is 0 Å². The number of hydrogen-bond acceptors (Lipinski definition) is 4. The van der Waals surface area contributed by atoms with E-state index >= 15 is 0 Å². The summed E-state index contributed by atoms with van der Waals surface area (Å²) in [5.41, 5.74) is 1.17. The van der Waals surface area contributed by atoms with Gasteiger partial charge in [-0.15, -0.1) is 0 Å². The lowest BCUT2D eigenvalue weighted by molar-refractivity contribution is -0.114. The quantitative estimate of drug-likeness (QED) is 0.727. The van der Waals surface area contributed by atoms with Gasteiger partial charge in [-0.3, -0.25) is 9.69 Å². The standard InChI is InChI=1S/C19H30N4O3/c1-13-6-5-9-23(12-13)14(2)11-20-19(25)22-16-7-8-17(21-15(3)24)18(10-16)26-4/h7-8,10,13-14H,5-6,9,11-12H2,1-4H3,(H,21,24)(H2,20,22,25)/t13-,14-/m1/s1. The molecule has 0 aliphatic carbocycles. The molecule has 1 fully saturated rings. The number of likely N-dealkylation sites (tertiary alicyclic amines) is 1. The highest BCUT2D eigenvalue weighted by molar-refractivity contribution is 5.93. The third-order valence-corrected chi connectivity index (χ3v) is 4.64. The Hall–Kier alpha value is -2.28. The van der Waals surface area contributed by atoms with Gasteiger partial charge in [-0.1, -0.05) is 6.92 Å². The van der Waals surface area contributed by atoms with Crippen molar-refractivity contribution in [3.63, 3.8) is 0 Å². The average molecular weight is 362 g/mol. The number of hydrogen-bond donors (Lipinski definition) is 3. The molecule has 0 saturated carbocycles. The van der Waals surface area contributed by atoms with Crippen LogP contribution in [0.5, 0.6) is 5.75 Å². The molecular weight excluding hydrogens is 332 g/mol. The number of nitrogens with one attached hydrogen (secondary N) is 3. The van der Waals surface area contributed by atoms with Crippen molar-refractivity contribution in [3.8, 4) is 5.75 Å². The average Bonchev–Trinajstić information content (AvgIpc) is 2.60. The van der Waals surface area contributed by atoms with Gasteiger partial charge in [-0.2, -0.15) is 0 Å².